The van der Waals surface area contributed by atoms with E-state index < -0.39 is 5.97 Å². The number of rotatable bonds is 6. The zero-order valence-electron chi connectivity index (χ0n) is 10.7. The Bertz CT molecular complexity index is 273. The fraction of sp³-hybridized carbons (Fsp3) is 0.833. The molecule has 1 saturated heterocycles. The highest BCUT2D eigenvalue weighted by atomic mass is 16.4. The maximum atomic E-state index is 11.9. The molecule has 0 bridgehead atoms. The van der Waals surface area contributed by atoms with Crippen molar-refractivity contribution in [3.63, 3.8) is 0 Å². The summed E-state index contributed by atoms with van der Waals surface area (Å²) < 4.78 is 0. The molecule has 1 aliphatic rings. The lowest BCUT2D eigenvalue weighted by atomic mass is 10.2. The second-order valence-electron chi connectivity index (χ2n) is 4.81. The van der Waals surface area contributed by atoms with Crippen LogP contribution in [0.2, 0.25) is 0 Å². The minimum Gasteiger partial charge on any atom is -0.480 e. The van der Waals surface area contributed by atoms with E-state index in [4.69, 9.17) is 5.11 Å². The molecule has 0 atom stereocenters. The normalized spacial score (nSPS) is 16.4. The molecule has 0 saturated carbocycles. The fourth-order valence-corrected chi connectivity index (χ4v) is 2.11. The topological polar surface area (TPSA) is 60.9 Å². The molecule has 98 valence electrons. The Morgan fingerprint density at radius 2 is 1.88 bits per heavy atom. The molecule has 1 amide bonds. The van der Waals surface area contributed by atoms with Gasteiger partial charge in [-0.3, -0.25) is 9.59 Å². The molecule has 1 fully saturated rings. The van der Waals surface area contributed by atoms with Crippen LogP contribution in [0.25, 0.3) is 0 Å². The van der Waals surface area contributed by atoms with Gasteiger partial charge in [-0.15, -0.1) is 0 Å². The maximum absolute atomic E-state index is 11.9. The third-order valence-corrected chi connectivity index (χ3v) is 3.09. The minimum atomic E-state index is -0.951. The van der Waals surface area contributed by atoms with Gasteiger partial charge in [0, 0.05) is 19.0 Å². The maximum Gasteiger partial charge on any atom is 0.323 e. The van der Waals surface area contributed by atoms with E-state index in [0.29, 0.717) is 6.42 Å². The van der Waals surface area contributed by atoms with Crippen LogP contribution in [0.4, 0.5) is 0 Å². The van der Waals surface area contributed by atoms with E-state index in [0.717, 1.165) is 19.6 Å². The average molecular weight is 242 g/mol. The predicted octanol–water partition coefficient (Wildman–Crippen LogP) is 0.794. The monoisotopic (exact) mass is 242 g/mol. The van der Waals surface area contributed by atoms with Crippen LogP contribution in [0.1, 0.15) is 33.1 Å². The van der Waals surface area contributed by atoms with Crippen molar-refractivity contribution >= 4 is 11.9 Å². The lowest BCUT2D eigenvalue weighted by Gasteiger charge is -2.26. The molecule has 5 nitrogen and oxygen atoms in total. The molecule has 0 aliphatic carbocycles. The van der Waals surface area contributed by atoms with E-state index in [9.17, 15) is 9.59 Å². The zero-order chi connectivity index (χ0) is 12.8. The Labute approximate surface area is 102 Å². The molecule has 0 aromatic heterocycles. The van der Waals surface area contributed by atoms with Gasteiger partial charge in [0.1, 0.15) is 6.54 Å². The first-order valence-electron chi connectivity index (χ1n) is 6.24. The van der Waals surface area contributed by atoms with E-state index in [1.807, 2.05) is 13.8 Å². The number of carboxylic acid groups (broad SMARTS) is 1. The molecule has 1 N–H and O–H groups in total. The zero-order valence-corrected chi connectivity index (χ0v) is 10.7. The summed E-state index contributed by atoms with van der Waals surface area (Å²) in [5.41, 5.74) is 0. The van der Waals surface area contributed by atoms with Crippen LogP contribution in [0, 0.1) is 0 Å². The molecular weight excluding hydrogens is 220 g/mol. The summed E-state index contributed by atoms with van der Waals surface area (Å²) in [7, 11) is 0. The molecule has 0 spiro atoms. The van der Waals surface area contributed by atoms with E-state index in [-0.39, 0.29) is 18.5 Å². The summed E-state index contributed by atoms with van der Waals surface area (Å²) in [4.78, 5) is 26.3. The summed E-state index contributed by atoms with van der Waals surface area (Å²) in [6.45, 7) is 6.37. The van der Waals surface area contributed by atoms with Gasteiger partial charge in [-0.25, -0.2) is 0 Å². The fourth-order valence-electron chi connectivity index (χ4n) is 2.11. The third kappa shape index (κ3) is 4.73. The number of hydrogen-bond acceptors (Lipinski definition) is 3. The highest BCUT2D eigenvalue weighted by Crippen LogP contribution is 2.09. The summed E-state index contributed by atoms with van der Waals surface area (Å²) in [6, 6.07) is -0.0582. The number of nitrogens with zero attached hydrogens (tertiary/aromatic N) is 2. The molecule has 1 heterocycles. The summed E-state index contributed by atoms with van der Waals surface area (Å²) in [5, 5.41) is 8.76. The average Bonchev–Trinajstić information content (AvgIpc) is 2.74. The molecule has 17 heavy (non-hydrogen) atoms. The van der Waals surface area contributed by atoms with Gasteiger partial charge >= 0.3 is 5.97 Å². The minimum absolute atomic E-state index is 0.0582. The predicted molar refractivity (Wildman–Crippen MR) is 64.8 cm³/mol. The second kappa shape index (κ2) is 6.59. The van der Waals surface area contributed by atoms with Gasteiger partial charge in [-0.1, -0.05) is 0 Å². The first-order chi connectivity index (χ1) is 8.00. The SMILES string of the molecule is CC(C)N(CC(=O)O)C(=O)CCN1CCCC1. The van der Waals surface area contributed by atoms with Gasteiger partial charge in [0.2, 0.25) is 5.91 Å². The van der Waals surface area contributed by atoms with Crippen LogP contribution >= 0.6 is 0 Å². The van der Waals surface area contributed by atoms with Crippen LogP contribution in [0.5, 0.6) is 0 Å². The van der Waals surface area contributed by atoms with E-state index in [2.05, 4.69) is 4.90 Å². The Morgan fingerprint density at radius 1 is 1.29 bits per heavy atom. The first kappa shape index (κ1) is 14.0. The van der Waals surface area contributed by atoms with Crippen LogP contribution in [0.3, 0.4) is 0 Å². The Balaban J connectivity index is 2.38. The summed E-state index contributed by atoms with van der Waals surface area (Å²) in [5.74, 6) is -1.01. The molecule has 1 rings (SSSR count). The van der Waals surface area contributed by atoms with Gasteiger partial charge in [0.25, 0.3) is 0 Å². The Kier molecular flexibility index (Phi) is 5.41. The molecule has 0 aromatic rings. The highest BCUT2D eigenvalue weighted by molar-refractivity contribution is 5.81. The van der Waals surface area contributed by atoms with Crippen LogP contribution in [0.15, 0.2) is 0 Å². The Hall–Kier alpha value is -1.10. The van der Waals surface area contributed by atoms with E-state index in [1.165, 1.54) is 17.7 Å². The van der Waals surface area contributed by atoms with Crippen LogP contribution < -0.4 is 0 Å². The van der Waals surface area contributed by atoms with E-state index in [1.54, 1.807) is 0 Å². The number of hydrogen-bond donors (Lipinski definition) is 1. The van der Waals surface area contributed by atoms with Crippen LogP contribution in [-0.2, 0) is 9.59 Å². The number of amides is 1. The smallest absolute Gasteiger partial charge is 0.323 e. The molecule has 0 aromatic carbocycles. The second-order valence-corrected chi connectivity index (χ2v) is 4.81. The Morgan fingerprint density at radius 3 is 2.35 bits per heavy atom. The van der Waals surface area contributed by atoms with Crippen molar-refractivity contribution in [2.45, 2.75) is 39.2 Å². The molecule has 0 unspecified atom stereocenters. The van der Waals surface area contributed by atoms with Gasteiger partial charge < -0.3 is 14.9 Å². The molecular formula is C12H22N2O3. The quantitative estimate of drug-likeness (QED) is 0.748. The third-order valence-electron chi connectivity index (χ3n) is 3.09. The standard InChI is InChI=1S/C12H22N2O3/c1-10(2)14(9-12(16)17)11(15)5-8-13-6-3-4-7-13/h10H,3-9H2,1-2H3,(H,16,17). The van der Waals surface area contributed by atoms with Gasteiger partial charge in [-0.2, -0.15) is 0 Å². The van der Waals surface area contributed by atoms with Crippen molar-refractivity contribution in [2.24, 2.45) is 0 Å². The highest BCUT2D eigenvalue weighted by Gasteiger charge is 2.21. The van der Waals surface area contributed by atoms with Crippen molar-refractivity contribution in [1.82, 2.24) is 9.80 Å². The molecule has 1 aliphatic heterocycles. The van der Waals surface area contributed by atoms with Crippen LogP contribution in [-0.4, -0.2) is 59.0 Å². The summed E-state index contributed by atoms with van der Waals surface area (Å²) in [6.07, 6.45) is 2.83. The van der Waals surface area contributed by atoms with Gasteiger partial charge in [0.05, 0.1) is 0 Å². The lowest BCUT2D eigenvalue weighted by molar-refractivity contribution is -0.145. The van der Waals surface area contributed by atoms with E-state index >= 15 is 0 Å². The molecule has 0 radical (unpaired) electrons. The summed E-state index contributed by atoms with van der Waals surface area (Å²) >= 11 is 0. The van der Waals surface area contributed by atoms with Crippen molar-refractivity contribution in [3.8, 4) is 0 Å². The number of carbonyl (C=O) groups excluding carboxylic acids is 1. The largest absolute Gasteiger partial charge is 0.480 e. The van der Waals surface area contributed by atoms with Crippen molar-refractivity contribution in [3.05, 3.63) is 0 Å². The molecule has 5 heteroatoms. The van der Waals surface area contributed by atoms with Crippen molar-refractivity contribution in [1.29, 1.82) is 0 Å². The number of likely N-dealkylation sites (tertiary alicyclic amines) is 1. The number of carboxylic acids is 1. The first-order valence-corrected chi connectivity index (χ1v) is 6.24. The van der Waals surface area contributed by atoms with Crippen molar-refractivity contribution < 1.29 is 14.7 Å². The number of aliphatic carboxylic acids is 1. The lowest BCUT2D eigenvalue weighted by Crippen LogP contribution is -2.41. The van der Waals surface area contributed by atoms with Crippen molar-refractivity contribution in [2.75, 3.05) is 26.2 Å². The van der Waals surface area contributed by atoms with Gasteiger partial charge in [0.15, 0.2) is 0 Å². The van der Waals surface area contributed by atoms with Gasteiger partial charge in [-0.05, 0) is 39.8 Å². The number of carbonyl (C=O) groups is 2.